The lowest BCUT2D eigenvalue weighted by atomic mass is 10.1. The number of halogens is 1. The topological polar surface area (TPSA) is 24.1 Å². The summed E-state index contributed by atoms with van der Waals surface area (Å²) in [4.78, 5) is 0. The van der Waals surface area contributed by atoms with Crippen LogP contribution in [-0.2, 0) is 6.54 Å². The average Bonchev–Trinajstić information content (AvgIpc) is 2.17. The number of aryl methyl sites for hydroxylation is 1. The Hall–Kier alpha value is -0.380. The van der Waals surface area contributed by atoms with Gasteiger partial charge in [0, 0.05) is 23.6 Å². The van der Waals surface area contributed by atoms with Crippen molar-refractivity contribution in [3.8, 4) is 0 Å². The van der Waals surface area contributed by atoms with Crippen molar-refractivity contribution in [3.63, 3.8) is 0 Å². The minimum atomic E-state index is 0.498. The van der Waals surface area contributed by atoms with Crippen molar-refractivity contribution < 1.29 is 0 Å². The van der Waals surface area contributed by atoms with Crippen molar-refractivity contribution in [1.29, 1.82) is 0 Å². The molecule has 84 valence electrons. The Balaban J connectivity index is 2.50. The van der Waals surface area contributed by atoms with Gasteiger partial charge in [0.25, 0.3) is 0 Å². The van der Waals surface area contributed by atoms with E-state index in [9.17, 15) is 0 Å². The van der Waals surface area contributed by atoms with Gasteiger partial charge in [-0.25, -0.2) is 0 Å². The second kappa shape index (κ2) is 6.26. The molecular weight excluding hydrogens is 252 g/mol. The maximum Gasteiger partial charge on any atom is 0.0211 e. The van der Waals surface area contributed by atoms with Gasteiger partial charge in [0.15, 0.2) is 0 Å². The Morgan fingerprint density at radius 3 is 2.73 bits per heavy atom. The number of benzene rings is 1. The molecule has 0 aliphatic heterocycles. The summed E-state index contributed by atoms with van der Waals surface area (Å²) in [6.07, 6.45) is 0. The SMILES string of the molecule is CNCC(C)NCc1ccc(Br)cc1C. The van der Waals surface area contributed by atoms with E-state index in [4.69, 9.17) is 0 Å². The molecule has 0 aliphatic rings. The van der Waals surface area contributed by atoms with Crippen LogP contribution in [-0.4, -0.2) is 19.6 Å². The third kappa shape index (κ3) is 4.33. The van der Waals surface area contributed by atoms with Crippen LogP contribution < -0.4 is 10.6 Å². The molecule has 0 bridgehead atoms. The van der Waals surface area contributed by atoms with Gasteiger partial charge in [-0.1, -0.05) is 22.0 Å². The molecule has 0 saturated heterocycles. The van der Waals surface area contributed by atoms with E-state index in [-0.39, 0.29) is 0 Å². The lowest BCUT2D eigenvalue weighted by molar-refractivity contribution is 0.522. The van der Waals surface area contributed by atoms with Gasteiger partial charge in [-0.15, -0.1) is 0 Å². The first-order chi connectivity index (χ1) is 7.13. The van der Waals surface area contributed by atoms with Crippen molar-refractivity contribution in [3.05, 3.63) is 33.8 Å². The fourth-order valence-electron chi connectivity index (χ4n) is 1.52. The Labute approximate surface area is 101 Å². The van der Waals surface area contributed by atoms with Gasteiger partial charge >= 0.3 is 0 Å². The maximum absolute atomic E-state index is 3.48. The first-order valence-electron chi connectivity index (χ1n) is 5.26. The van der Waals surface area contributed by atoms with Gasteiger partial charge in [0.1, 0.15) is 0 Å². The summed E-state index contributed by atoms with van der Waals surface area (Å²) in [7, 11) is 1.98. The molecular formula is C12H19BrN2. The van der Waals surface area contributed by atoms with Gasteiger partial charge in [-0.3, -0.25) is 0 Å². The number of hydrogen-bond acceptors (Lipinski definition) is 2. The van der Waals surface area contributed by atoms with Crippen molar-refractivity contribution in [2.24, 2.45) is 0 Å². The van der Waals surface area contributed by atoms with Gasteiger partial charge in [-0.05, 0) is 44.2 Å². The average molecular weight is 271 g/mol. The highest BCUT2D eigenvalue weighted by atomic mass is 79.9. The molecule has 0 amide bonds. The summed E-state index contributed by atoms with van der Waals surface area (Å²) in [5.74, 6) is 0. The number of likely N-dealkylation sites (N-methyl/N-ethyl adjacent to an activating group) is 1. The minimum absolute atomic E-state index is 0.498. The normalized spacial score (nSPS) is 12.8. The molecule has 1 aromatic carbocycles. The zero-order valence-corrected chi connectivity index (χ0v) is 11.2. The maximum atomic E-state index is 3.48. The Morgan fingerprint density at radius 2 is 2.13 bits per heavy atom. The summed E-state index contributed by atoms with van der Waals surface area (Å²) in [5, 5.41) is 6.64. The second-order valence-electron chi connectivity index (χ2n) is 3.91. The van der Waals surface area contributed by atoms with Crippen LogP contribution in [0.4, 0.5) is 0 Å². The fraction of sp³-hybridized carbons (Fsp3) is 0.500. The molecule has 0 fully saturated rings. The molecule has 1 unspecified atom stereocenters. The molecule has 2 nitrogen and oxygen atoms in total. The van der Waals surface area contributed by atoms with Gasteiger partial charge in [0.05, 0.1) is 0 Å². The minimum Gasteiger partial charge on any atom is -0.318 e. The molecule has 0 heterocycles. The van der Waals surface area contributed by atoms with Crippen molar-refractivity contribution in [2.75, 3.05) is 13.6 Å². The first-order valence-corrected chi connectivity index (χ1v) is 6.05. The molecule has 0 spiro atoms. The number of nitrogens with one attached hydrogen (secondary N) is 2. The monoisotopic (exact) mass is 270 g/mol. The molecule has 3 heteroatoms. The molecule has 2 N–H and O–H groups in total. The van der Waals surface area contributed by atoms with Crippen LogP contribution >= 0.6 is 15.9 Å². The van der Waals surface area contributed by atoms with Crippen LogP contribution in [0.2, 0.25) is 0 Å². The summed E-state index contributed by atoms with van der Waals surface area (Å²) >= 11 is 3.47. The smallest absolute Gasteiger partial charge is 0.0211 e. The summed E-state index contributed by atoms with van der Waals surface area (Å²) in [6.45, 7) is 6.26. The van der Waals surface area contributed by atoms with Crippen LogP contribution in [0.15, 0.2) is 22.7 Å². The van der Waals surface area contributed by atoms with E-state index >= 15 is 0 Å². The molecule has 15 heavy (non-hydrogen) atoms. The van der Waals surface area contributed by atoms with Gasteiger partial charge in [-0.2, -0.15) is 0 Å². The van der Waals surface area contributed by atoms with Crippen molar-refractivity contribution in [2.45, 2.75) is 26.4 Å². The van der Waals surface area contributed by atoms with Crippen LogP contribution in [0.3, 0.4) is 0 Å². The highest BCUT2D eigenvalue weighted by molar-refractivity contribution is 9.10. The van der Waals surface area contributed by atoms with Gasteiger partial charge < -0.3 is 10.6 Å². The van der Waals surface area contributed by atoms with Crippen molar-refractivity contribution >= 4 is 15.9 Å². The van der Waals surface area contributed by atoms with E-state index in [2.05, 4.69) is 58.6 Å². The van der Waals surface area contributed by atoms with Crippen LogP contribution in [0, 0.1) is 6.92 Å². The molecule has 1 atom stereocenters. The van der Waals surface area contributed by atoms with E-state index < -0.39 is 0 Å². The van der Waals surface area contributed by atoms with Crippen LogP contribution in [0.25, 0.3) is 0 Å². The van der Waals surface area contributed by atoms with Gasteiger partial charge in [0.2, 0.25) is 0 Å². The standard InChI is InChI=1S/C12H19BrN2/c1-9-6-12(13)5-4-11(9)8-15-10(2)7-14-3/h4-6,10,14-15H,7-8H2,1-3H3. The predicted octanol–water partition coefficient (Wildman–Crippen LogP) is 2.46. The highest BCUT2D eigenvalue weighted by Crippen LogP contribution is 2.15. The Morgan fingerprint density at radius 1 is 1.40 bits per heavy atom. The Bertz CT molecular complexity index is 312. The van der Waals surface area contributed by atoms with Crippen LogP contribution in [0.5, 0.6) is 0 Å². The molecule has 0 radical (unpaired) electrons. The van der Waals surface area contributed by atoms with E-state index in [0.29, 0.717) is 6.04 Å². The lowest BCUT2D eigenvalue weighted by Gasteiger charge is -2.14. The zero-order valence-electron chi connectivity index (χ0n) is 9.60. The van der Waals surface area contributed by atoms with Crippen molar-refractivity contribution in [1.82, 2.24) is 10.6 Å². The highest BCUT2D eigenvalue weighted by Gasteiger charge is 2.02. The lowest BCUT2D eigenvalue weighted by Crippen LogP contribution is -2.34. The van der Waals surface area contributed by atoms with E-state index in [1.54, 1.807) is 0 Å². The van der Waals surface area contributed by atoms with E-state index in [1.807, 2.05) is 7.05 Å². The van der Waals surface area contributed by atoms with Crippen LogP contribution in [0.1, 0.15) is 18.1 Å². The summed E-state index contributed by atoms with van der Waals surface area (Å²) in [5.41, 5.74) is 2.69. The summed E-state index contributed by atoms with van der Waals surface area (Å²) in [6, 6.07) is 6.91. The quantitative estimate of drug-likeness (QED) is 0.859. The third-order valence-electron chi connectivity index (χ3n) is 2.46. The zero-order chi connectivity index (χ0) is 11.3. The summed E-state index contributed by atoms with van der Waals surface area (Å²) < 4.78 is 1.15. The predicted molar refractivity (Wildman–Crippen MR) is 69.1 cm³/mol. The molecule has 1 aromatic rings. The largest absolute Gasteiger partial charge is 0.318 e. The first kappa shape index (κ1) is 12.7. The molecule has 0 saturated carbocycles. The molecule has 1 rings (SSSR count). The van der Waals surface area contributed by atoms with E-state index in [0.717, 1.165) is 17.6 Å². The second-order valence-corrected chi connectivity index (χ2v) is 4.83. The molecule has 0 aliphatic carbocycles. The number of rotatable bonds is 5. The Kier molecular flexibility index (Phi) is 5.29. The van der Waals surface area contributed by atoms with E-state index in [1.165, 1.54) is 11.1 Å². The number of hydrogen-bond donors (Lipinski definition) is 2. The third-order valence-corrected chi connectivity index (χ3v) is 2.95. The fourth-order valence-corrected chi connectivity index (χ4v) is 2.00. The molecule has 0 aromatic heterocycles.